The molecule has 0 aliphatic heterocycles. The van der Waals surface area contributed by atoms with E-state index in [-0.39, 0.29) is 10.7 Å². The highest BCUT2D eigenvalue weighted by Gasteiger charge is 2.27. The van der Waals surface area contributed by atoms with Crippen LogP contribution >= 0.6 is 11.6 Å². The van der Waals surface area contributed by atoms with Crippen molar-refractivity contribution in [3.05, 3.63) is 33.1 Å². The van der Waals surface area contributed by atoms with Crippen LogP contribution in [0.5, 0.6) is 0 Å². The van der Waals surface area contributed by atoms with Crippen molar-refractivity contribution in [1.82, 2.24) is 0 Å². The van der Waals surface area contributed by atoms with Crippen molar-refractivity contribution in [3.8, 4) is 0 Å². The molecule has 0 atom stereocenters. The van der Waals surface area contributed by atoms with Crippen LogP contribution in [0.3, 0.4) is 0 Å². The molecule has 0 unspecified atom stereocenters. The minimum absolute atomic E-state index is 0.160. The fourth-order valence-electron chi connectivity index (χ4n) is 1.24. The minimum Gasteiger partial charge on any atom is -0.394 e. The average molecular weight is 279 g/mol. The van der Waals surface area contributed by atoms with Gasteiger partial charge in [0, 0.05) is 12.1 Å². The Morgan fingerprint density at radius 1 is 1.50 bits per heavy atom. The lowest BCUT2D eigenvalue weighted by Crippen LogP contribution is -2.42. The van der Waals surface area contributed by atoms with Gasteiger partial charge in [-0.05, 0) is 6.92 Å². The lowest BCUT2D eigenvalue weighted by atomic mass is 10.0. The number of rotatable bonds is 5. The van der Waals surface area contributed by atoms with Gasteiger partial charge >= 0.3 is 0 Å². The highest BCUT2D eigenvalue weighted by molar-refractivity contribution is 6.31. The van der Waals surface area contributed by atoms with Crippen molar-refractivity contribution in [1.29, 1.82) is 0 Å². The van der Waals surface area contributed by atoms with Gasteiger partial charge in [-0.25, -0.2) is 4.39 Å². The first-order valence-corrected chi connectivity index (χ1v) is 5.34. The summed E-state index contributed by atoms with van der Waals surface area (Å²) in [5, 5.41) is 31.1. The smallest absolute Gasteiger partial charge is 0.294 e. The molecule has 0 aliphatic rings. The van der Waals surface area contributed by atoms with Gasteiger partial charge in [0.15, 0.2) is 0 Å². The van der Waals surface area contributed by atoms with Gasteiger partial charge in [-0.1, -0.05) is 11.6 Å². The zero-order chi connectivity index (χ0) is 13.9. The number of hydrogen-bond donors (Lipinski definition) is 3. The number of nitro groups is 1. The van der Waals surface area contributed by atoms with Crippen LogP contribution in [-0.4, -0.2) is 33.9 Å². The lowest BCUT2D eigenvalue weighted by Gasteiger charge is -2.27. The second kappa shape index (κ2) is 5.47. The van der Waals surface area contributed by atoms with E-state index in [1.165, 1.54) is 6.92 Å². The maximum atomic E-state index is 13.3. The van der Waals surface area contributed by atoms with E-state index in [9.17, 15) is 14.5 Å². The molecule has 0 fully saturated rings. The van der Waals surface area contributed by atoms with E-state index in [0.717, 1.165) is 12.1 Å². The molecule has 1 aromatic carbocycles. The molecule has 0 aromatic heterocycles. The zero-order valence-electron chi connectivity index (χ0n) is 9.48. The largest absolute Gasteiger partial charge is 0.394 e. The van der Waals surface area contributed by atoms with E-state index in [4.69, 9.17) is 21.8 Å². The van der Waals surface area contributed by atoms with Crippen LogP contribution in [0.2, 0.25) is 5.02 Å². The Hall–Kier alpha value is -1.44. The Bertz CT molecular complexity index is 465. The predicted octanol–water partition coefficient (Wildman–Crippen LogP) is 1.54. The van der Waals surface area contributed by atoms with Crippen molar-refractivity contribution in [2.24, 2.45) is 0 Å². The van der Waals surface area contributed by atoms with E-state index in [2.05, 4.69) is 5.32 Å². The van der Waals surface area contributed by atoms with Gasteiger partial charge in [-0.15, -0.1) is 0 Å². The van der Waals surface area contributed by atoms with Crippen molar-refractivity contribution in [2.75, 3.05) is 18.5 Å². The number of hydrogen-bond acceptors (Lipinski definition) is 5. The number of anilines is 1. The summed E-state index contributed by atoms with van der Waals surface area (Å²) in [6.07, 6.45) is 0. The van der Waals surface area contributed by atoms with Gasteiger partial charge < -0.3 is 15.5 Å². The summed E-state index contributed by atoms with van der Waals surface area (Å²) in [5.41, 5.74) is -1.80. The van der Waals surface area contributed by atoms with E-state index in [0.29, 0.717) is 0 Å². The number of nitro benzene ring substituents is 1. The van der Waals surface area contributed by atoms with Crippen LogP contribution in [0.25, 0.3) is 0 Å². The predicted molar refractivity (Wildman–Crippen MR) is 64.3 cm³/mol. The van der Waals surface area contributed by atoms with E-state index in [1.54, 1.807) is 0 Å². The number of aliphatic hydroxyl groups is 2. The molecule has 0 saturated heterocycles. The standard InChI is InChI=1S/C10H12ClFN2O4/c1-10(4-15,5-16)13-8-3-7(12)6(11)2-9(8)14(17)18/h2-3,13,15-16H,4-5H2,1H3. The lowest BCUT2D eigenvalue weighted by molar-refractivity contribution is -0.384. The summed E-state index contributed by atoms with van der Waals surface area (Å²) in [6, 6.07) is 1.72. The van der Waals surface area contributed by atoms with Crippen LogP contribution in [-0.2, 0) is 0 Å². The Kier molecular flexibility index (Phi) is 4.44. The first-order valence-electron chi connectivity index (χ1n) is 4.96. The first-order chi connectivity index (χ1) is 8.33. The fourth-order valence-corrected chi connectivity index (χ4v) is 1.40. The zero-order valence-corrected chi connectivity index (χ0v) is 10.2. The van der Waals surface area contributed by atoms with Crippen LogP contribution < -0.4 is 5.32 Å². The molecule has 6 nitrogen and oxygen atoms in total. The first kappa shape index (κ1) is 14.6. The van der Waals surface area contributed by atoms with Crippen molar-refractivity contribution in [3.63, 3.8) is 0 Å². The summed E-state index contributed by atoms with van der Waals surface area (Å²) in [6.45, 7) is 0.471. The number of benzene rings is 1. The third-order valence-corrected chi connectivity index (χ3v) is 2.66. The molecule has 1 aromatic rings. The fraction of sp³-hybridized carbons (Fsp3) is 0.400. The third-order valence-electron chi connectivity index (χ3n) is 2.37. The molecule has 100 valence electrons. The second-order valence-electron chi connectivity index (χ2n) is 4.04. The summed E-state index contributed by atoms with van der Waals surface area (Å²) in [4.78, 5) is 10.1. The molecule has 1 rings (SSSR count). The summed E-state index contributed by atoms with van der Waals surface area (Å²) in [7, 11) is 0. The van der Waals surface area contributed by atoms with Crippen LogP contribution in [0.4, 0.5) is 15.8 Å². The van der Waals surface area contributed by atoms with Crippen LogP contribution in [0, 0.1) is 15.9 Å². The van der Waals surface area contributed by atoms with E-state index in [1.807, 2.05) is 0 Å². The minimum atomic E-state index is -1.20. The average Bonchev–Trinajstić information content (AvgIpc) is 2.33. The molecule has 18 heavy (non-hydrogen) atoms. The molecule has 0 bridgehead atoms. The van der Waals surface area contributed by atoms with Crippen molar-refractivity contribution >= 4 is 23.0 Å². The van der Waals surface area contributed by atoms with Crippen molar-refractivity contribution < 1.29 is 19.5 Å². The number of aliphatic hydroxyl groups excluding tert-OH is 2. The summed E-state index contributed by atoms with van der Waals surface area (Å²) < 4.78 is 13.3. The molecular formula is C10H12ClFN2O4. The van der Waals surface area contributed by atoms with Gasteiger partial charge in [0.2, 0.25) is 0 Å². The molecular weight excluding hydrogens is 267 g/mol. The molecule has 3 N–H and O–H groups in total. The van der Waals surface area contributed by atoms with Crippen LogP contribution in [0.1, 0.15) is 6.92 Å². The topological polar surface area (TPSA) is 95.6 Å². The van der Waals surface area contributed by atoms with Gasteiger partial charge in [-0.3, -0.25) is 10.1 Å². The highest BCUT2D eigenvalue weighted by atomic mass is 35.5. The molecule has 0 aliphatic carbocycles. The Morgan fingerprint density at radius 3 is 2.50 bits per heavy atom. The number of halogens is 2. The van der Waals surface area contributed by atoms with Crippen LogP contribution in [0.15, 0.2) is 12.1 Å². The molecule has 0 radical (unpaired) electrons. The molecule has 0 spiro atoms. The normalized spacial score (nSPS) is 11.4. The second-order valence-corrected chi connectivity index (χ2v) is 4.45. The van der Waals surface area contributed by atoms with Crippen molar-refractivity contribution in [2.45, 2.75) is 12.5 Å². The Balaban J connectivity index is 3.22. The number of nitrogens with one attached hydrogen (secondary N) is 1. The maximum Gasteiger partial charge on any atom is 0.294 e. The number of nitrogens with zero attached hydrogens (tertiary/aromatic N) is 1. The van der Waals surface area contributed by atoms with Gasteiger partial charge in [-0.2, -0.15) is 0 Å². The quantitative estimate of drug-likeness (QED) is 0.561. The maximum absolute atomic E-state index is 13.3. The van der Waals surface area contributed by atoms with Gasteiger partial charge in [0.1, 0.15) is 11.5 Å². The summed E-state index contributed by atoms with van der Waals surface area (Å²) in [5.74, 6) is -0.831. The molecule has 0 saturated carbocycles. The highest BCUT2D eigenvalue weighted by Crippen LogP contribution is 2.32. The molecule has 0 heterocycles. The Labute approximate surface area is 107 Å². The summed E-state index contributed by atoms with van der Waals surface area (Å²) >= 11 is 5.46. The van der Waals surface area contributed by atoms with Gasteiger partial charge in [0.05, 0.1) is 28.7 Å². The molecule has 0 amide bonds. The SMILES string of the molecule is CC(CO)(CO)Nc1cc(F)c(Cl)cc1[N+](=O)[O-]. The van der Waals surface area contributed by atoms with E-state index >= 15 is 0 Å². The monoisotopic (exact) mass is 278 g/mol. The van der Waals surface area contributed by atoms with Gasteiger partial charge in [0.25, 0.3) is 5.69 Å². The molecule has 8 heteroatoms. The third kappa shape index (κ3) is 3.06. The Morgan fingerprint density at radius 2 is 2.06 bits per heavy atom. The van der Waals surface area contributed by atoms with E-state index < -0.39 is 35.2 Å².